The number of hydrogen-bond acceptors (Lipinski definition) is 5. The first kappa shape index (κ1) is 21.1. The smallest absolute Gasteiger partial charge is 0.264 e. The van der Waals surface area contributed by atoms with Crippen LogP contribution in [-0.2, 0) is 16.6 Å². The van der Waals surface area contributed by atoms with Gasteiger partial charge in [-0.05, 0) is 48.7 Å². The van der Waals surface area contributed by atoms with Gasteiger partial charge in [-0.1, -0.05) is 36.4 Å². The molecule has 0 atom stereocenters. The minimum absolute atomic E-state index is 0.0669. The molecule has 1 aliphatic rings. The third-order valence-electron chi connectivity index (χ3n) is 5.61. The van der Waals surface area contributed by atoms with E-state index in [1.807, 2.05) is 24.3 Å². The van der Waals surface area contributed by atoms with E-state index in [0.717, 1.165) is 23.8 Å². The summed E-state index contributed by atoms with van der Waals surface area (Å²) in [4.78, 5) is 23.8. The molecule has 5 rings (SSSR count). The number of carbonyl (C=O) groups is 1. The van der Waals surface area contributed by atoms with E-state index in [2.05, 4.69) is 14.7 Å². The summed E-state index contributed by atoms with van der Waals surface area (Å²) in [6.07, 6.45) is 6.86. The normalized spacial score (nSPS) is 13.6. The first-order valence-electron chi connectivity index (χ1n) is 10.7. The van der Waals surface area contributed by atoms with E-state index in [0.29, 0.717) is 17.6 Å². The molecule has 0 saturated heterocycles. The lowest BCUT2D eigenvalue weighted by atomic mass is 10.1. The van der Waals surface area contributed by atoms with E-state index in [1.165, 1.54) is 6.07 Å². The first-order valence-corrected chi connectivity index (χ1v) is 12.2. The summed E-state index contributed by atoms with van der Waals surface area (Å²) in [5, 5.41) is 0.723. The molecule has 8 heteroatoms. The van der Waals surface area contributed by atoms with Crippen molar-refractivity contribution < 1.29 is 13.2 Å². The Kier molecular flexibility index (Phi) is 5.51. The molecule has 2 aromatic heterocycles. The van der Waals surface area contributed by atoms with Crippen LogP contribution in [0.1, 0.15) is 28.8 Å². The highest BCUT2D eigenvalue weighted by molar-refractivity contribution is 7.93. The van der Waals surface area contributed by atoms with E-state index in [4.69, 9.17) is 0 Å². The molecule has 1 saturated carbocycles. The number of para-hydroxylation sites is 2. The molecule has 0 spiro atoms. The van der Waals surface area contributed by atoms with Gasteiger partial charge >= 0.3 is 0 Å². The van der Waals surface area contributed by atoms with E-state index in [-0.39, 0.29) is 22.5 Å². The van der Waals surface area contributed by atoms with Crippen molar-refractivity contribution in [2.45, 2.75) is 30.3 Å². The minimum Gasteiger partial charge on any atom is -0.331 e. The van der Waals surface area contributed by atoms with Crippen LogP contribution in [0.4, 0.5) is 5.69 Å². The minimum atomic E-state index is -3.98. The van der Waals surface area contributed by atoms with Gasteiger partial charge < -0.3 is 4.90 Å². The maximum absolute atomic E-state index is 13.5. The van der Waals surface area contributed by atoms with Gasteiger partial charge in [-0.15, -0.1) is 0 Å². The lowest BCUT2D eigenvalue weighted by Crippen LogP contribution is -2.33. The number of fused-ring (bicyclic) bond motifs is 1. The van der Waals surface area contributed by atoms with Crippen molar-refractivity contribution >= 4 is 32.5 Å². The molecular weight excluding hydrogens is 436 g/mol. The average Bonchev–Trinajstić information content (AvgIpc) is 3.68. The molecule has 2 aromatic carbocycles. The zero-order chi connectivity index (χ0) is 22.8. The van der Waals surface area contributed by atoms with Crippen LogP contribution in [-0.4, -0.2) is 35.2 Å². The number of benzene rings is 2. The Labute approximate surface area is 192 Å². The highest BCUT2D eigenvalue weighted by Crippen LogP contribution is 2.32. The number of pyridine rings is 2. The lowest BCUT2D eigenvalue weighted by molar-refractivity contribution is 0.0731. The third kappa shape index (κ3) is 4.42. The first-order chi connectivity index (χ1) is 16.0. The maximum atomic E-state index is 13.5. The Morgan fingerprint density at radius 2 is 1.76 bits per heavy atom. The molecule has 7 nitrogen and oxygen atoms in total. The lowest BCUT2D eigenvalue weighted by Gasteiger charge is -2.24. The van der Waals surface area contributed by atoms with Crippen molar-refractivity contribution in [3.8, 4) is 0 Å². The summed E-state index contributed by atoms with van der Waals surface area (Å²) in [7, 11) is -3.98. The van der Waals surface area contributed by atoms with E-state index in [9.17, 15) is 13.2 Å². The predicted molar refractivity (Wildman–Crippen MR) is 126 cm³/mol. The number of carbonyl (C=O) groups excluding carboxylic acids is 1. The van der Waals surface area contributed by atoms with Crippen molar-refractivity contribution in [1.82, 2.24) is 14.9 Å². The van der Waals surface area contributed by atoms with Gasteiger partial charge in [0.25, 0.3) is 15.9 Å². The van der Waals surface area contributed by atoms with Crippen molar-refractivity contribution in [1.29, 1.82) is 0 Å². The number of nitrogens with zero attached hydrogens (tertiary/aromatic N) is 3. The molecule has 1 fully saturated rings. The van der Waals surface area contributed by atoms with Gasteiger partial charge in [0.2, 0.25) is 0 Å². The van der Waals surface area contributed by atoms with Crippen LogP contribution in [0.25, 0.3) is 10.9 Å². The monoisotopic (exact) mass is 458 g/mol. The number of aromatic nitrogens is 2. The number of sulfonamides is 1. The summed E-state index contributed by atoms with van der Waals surface area (Å²) in [5.74, 6) is -0.212. The van der Waals surface area contributed by atoms with Crippen molar-refractivity contribution in [3.63, 3.8) is 0 Å². The zero-order valence-electron chi connectivity index (χ0n) is 17.8. The van der Waals surface area contributed by atoms with E-state index in [1.54, 1.807) is 59.9 Å². The van der Waals surface area contributed by atoms with Crippen LogP contribution in [0.15, 0.2) is 90.2 Å². The Hall–Kier alpha value is -3.78. The van der Waals surface area contributed by atoms with Crippen LogP contribution in [0.5, 0.6) is 0 Å². The fourth-order valence-corrected chi connectivity index (χ4v) is 5.11. The second-order valence-corrected chi connectivity index (χ2v) is 9.66. The van der Waals surface area contributed by atoms with E-state index < -0.39 is 10.0 Å². The van der Waals surface area contributed by atoms with Crippen LogP contribution in [0, 0.1) is 0 Å². The fourth-order valence-electron chi connectivity index (χ4n) is 3.85. The summed E-state index contributed by atoms with van der Waals surface area (Å²) >= 11 is 0. The summed E-state index contributed by atoms with van der Waals surface area (Å²) < 4.78 is 29.3. The molecule has 0 radical (unpaired) electrons. The molecule has 1 amide bonds. The number of rotatable bonds is 7. The highest BCUT2D eigenvalue weighted by Gasteiger charge is 2.34. The SMILES string of the molecule is O=C(c1ccccc1NS(=O)(=O)c1cccc2cccnc12)N(Cc1cccnc1)C1CC1. The van der Waals surface area contributed by atoms with Crippen LogP contribution in [0.3, 0.4) is 0 Å². The number of nitrogens with one attached hydrogen (secondary N) is 1. The Morgan fingerprint density at radius 1 is 0.970 bits per heavy atom. The van der Waals surface area contributed by atoms with Gasteiger partial charge in [-0.25, -0.2) is 8.42 Å². The summed E-state index contributed by atoms with van der Waals surface area (Å²) in [5.41, 5.74) is 1.86. The van der Waals surface area contributed by atoms with Gasteiger partial charge in [-0.3, -0.25) is 19.5 Å². The number of amides is 1. The molecule has 4 aromatic rings. The zero-order valence-corrected chi connectivity index (χ0v) is 18.6. The molecule has 0 unspecified atom stereocenters. The second kappa shape index (κ2) is 8.63. The summed E-state index contributed by atoms with van der Waals surface area (Å²) in [6.45, 7) is 0.422. The van der Waals surface area contributed by atoms with E-state index >= 15 is 0 Å². The van der Waals surface area contributed by atoms with Gasteiger partial charge in [0.05, 0.1) is 16.8 Å². The molecular formula is C25H22N4O3S. The molecule has 33 heavy (non-hydrogen) atoms. The fraction of sp³-hybridized carbons (Fsp3) is 0.160. The quantitative estimate of drug-likeness (QED) is 0.447. The van der Waals surface area contributed by atoms with Crippen molar-refractivity contribution in [2.24, 2.45) is 0 Å². The predicted octanol–water partition coefficient (Wildman–Crippen LogP) is 4.24. The molecule has 1 aliphatic carbocycles. The van der Waals surface area contributed by atoms with Crippen molar-refractivity contribution in [3.05, 3.63) is 96.4 Å². The molecule has 0 bridgehead atoms. The highest BCUT2D eigenvalue weighted by atomic mass is 32.2. The van der Waals surface area contributed by atoms with Crippen LogP contribution in [0.2, 0.25) is 0 Å². The molecule has 1 N–H and O–H groups in total. The molecule has 166 valence electrons. The third-order valence-corrected chi connectivity index (χ3v) is 7.01. The Morgan fingerprint density at radius 3 is 2.55 bits per heavy atom. The topological polar surface area (TPSA) is 92.3 Å². The maximum Gasteiger partial charge on any atom is 0.264 e. The summed E-state index contributed by atoms with van der Waals surface area (Å²) in [6, 6.07) is 19.2. The van der Waals surface area contributed by atoms with Crippen LogP contribution < -0.4 is 4.72 Å². The molecule has 0 aliphatic heterocycles. The number of anilines is 1. The van der Waals surface area contributed by atoms with Gasteiger partial charge in [-0.2, -0.15) is 0 Å². The van der Waals surface area contributed by atoms with Gasteiger partial charge in [0, 0.05) is 36.6 Å². The Balaban J connectivity index is 1.48. The molecule has 2 heterocycles. The standard InChI is InChI=1S/C25H22N4O3S/c30-25(29(20-12-13-20)17-18-6-4-14-26-16-18)21-9-1-2-10-22(21)28-33(31,32)23-11-3-7-19-8-5-15-27-24(19)23/h1-11,14-16,20,28H,12-13,17H2. The van der Waals surface area contributed by atoms with Gasteiger partial charge in [0.1, 0.15) is 4.90 Å². The number of hydrogen-bond donors (Lipinski definition) is 1. The Bertz CT molecular complexity index is 1410. The average molecular weight is 459 g/mol. The largest absolute Gasteiger partial charge is 0.331 e. The van der Waals surface area contributed by atoms with Crippen LogP contribution >= 0.6 is 0 Å². The van der Waals surface area contributed by atoms with Crippen molar-refractivity contribution in [2.75, 3.05) is 4.72 Å². The van der Waals surface area contributed by atoms with Gasteiger partial charge in [0.15, 0.2) is 0 Å². The second-order valence-electron chi connectivity index (χ2n) is 8.01.